The highest BCUT2D eigenvalue weighted by Gasteiger charge is 2.28. The van der Waals surface area contributed by atoms with Crippen molar-refractivity contribution in [2.45, 2.75) is 219 Å². The fraction of sp³-hybridized carbons (Fsp3) is 0.685. The van der Waals surface area contributed by atoms with Crippen LogP contribution in [0.25, 0.3) is 0 Å². The summed E-state index contributed by atoms with van der Waals surface area (Å²) in [5.74, 6) is -2.41. The van der Waals surface area contributed by atoms with Gasteiger partial charge in [-0.3, -0.25) is 18.6 Å². The molecule has 3 unspecified atom stereocenters. The number of carboxylic acid groups (broad SMARTS) is 1. The van der Waals surface area contributed by atoms with E-state index in [0.29, 0.717) is 12.8 Å². The number of carboxylic acids is 1. The number of ether oxygens (including phenoxy) is 1. The summed E-state index contributed by atoms with van der Waals surface area (Å²) in [6.45, 7) is 2.44. The van der Waals surface area contributed by atoms with Gasteiger partial charge in [-0.05, 0) is 89.9 Å². The maximum Gasteiger partial charge on any atom is 0.472 e. The zero-order valence-electron chi connectivity index (χ0n) is 41.2. The molecule has 0 fully saturated rings. The molecule has 0 aromatic heterocycles. The standard InChI is InChI=1S/C54H92NO10P/c1-3-5-7-9-11-13-15-17-19-21-23-24-25-26-28-29-31-33-35-37-39-41-43-45-52(57)55-51(54(59)60)49-65-66(61,62)64-48-50(56)47-63-53(58)46-44-42-40-38-36-34-32-30-27-22-20-18-16-14-12-10-8-6-4-2/h6,8,11-14,17-20,27,30,34,36,50-51,56H,3-5,7,9-10,15-16,21-26,28-29,31-33,35,37-49H2,1-2H3,(H,55,57)(H,59,60)(H,61,62)/b8-6-,13-11-,14-12-,19-17-,20-18-,30-27-,36-34-. The van der Waals surface area contributed by atoms with Crippen LogP contribution in [-0.2, 0) is 32.7 Å². The van der Waals surface area contributed by atoms with E-state index in [1.165, 1.54) is 89.9 Å². The first-order valence-corrected chi connectivity index (χ1v) is 27.1. The SMILES string of the molecule is CC/C=C\C/C=C\C/C=C\C/C=C\C/C=C\CCCCCC(=O)OCC(O)COP(=O)(O)OCC(NC(=O)CCCCCCCCCCCCCCC/C=C\C/C=C\CCCCC)C(=O)O. The molecule has 66 heavy (non-hydrogen) atoms. The van der Waals surface area contributed by atoms with Crippen LogP contribution in [0.15, 0.2) is 85.1 Å². The number of carbonyl (C=O) groups excluding carboxylic acids is 2. The summed E-state index contributed by atoms with van der Waals surface area (Å²) in [6.07, 6.45) is 60.3. The van der Waals surface area contributed by atoms with Crippen LogP contribution in [-0.4, -0.2) is 64.9 Å². The number of esters is 1. The molecule has 12 heteroatoms. The first kappa shape index (κ1) is 62.7. The van der Waals surface area contributed by atoms with Crippen molar-refractivity contribution < 1.29 is 47.8 Å². The van der Waals surface area contributed by atoms with Gasteiger partial charge in [0.1, 0.15) is 12.7 Å². The van der Waals surface area contributed by atoms with Crippen molar-refractivity contribution in [1.29, 1.82) is 0 Å². The largest absolute Gasteiger partial charge is 0.480 e. The van der Waals surface area contributed by atoms with Crippen molar-refractivity contribution in [1.82, 2.24) is 5.32 Å². The minimum absolute atomic E-state index is 0.139. The third-order valence-corrected chi connectivity index (χ3v) is 11.6. The molecule has 0 aliphatic carbocycles. The average molecular weight is 946 g/mol. The molecule has 0 saturated carbocycles. The Labute approximate surface area is 401 Å². The summed E-state index contributed by atoms with van der Waals surface area (Å²) >= 11 is 0. The molecule has 1 amide bonds. The van der Waals surface area contributed by atoms with Crippen molar-refractivity contribution in [3.8, 4) is 0 Å². The molecule has 0 radical (unpaired) electrons. The lowest BCUT2D eigenvalue weighted by atomic mass is 10.0. The number of hydrogen-bond acceptors (Lipinski definition) is 8. The van der Waals surface area contributed by atoms with Crippen molar-refractivity contribution >= 4 is 25.7 Å². The van der Waals surface area contributed by atoms with Gasteiger partial charge < -0.3 is 25.2 Å². The van der Waals surface area contributed by atoms with Gasteiger partial charge >= 0.3 is 19.8 Å². The van der Waals surface area contributed by atoms with E-state index in [9.17, 15) is 34.1 Å². The highest BCUT2D eigenvalue weighted by atomic mass is 31.2. The number of unbranched alkanes of at least 4 members (excludes halogenated alkanes) is 19. The molecular formula is C54H92NO10P. The fourth-order valence-electron chi connectivity index (χ4n) is 6.72. The Kier molecular flexibility index (Phi) is 45.7. The predicted molar refractivity (Wildman–Crippen MR) is 272 cm³/mol. The second kappa shape index (κ2) is 48.1. The van der Waals surface area contributed by atoms with Crippen LogP contribution in [0.2, 0.25) is 0 Å². The molecule has 0 aliphatic rings. The summed E-state index contributed by atoms with van der Waals surface area (Å²) in [6, 6.07) is -1.56. The van der Waals surface area contributed by atoms with Crippen LogP contribution >= 0.6 is 7.82 Å². The molecule has 0 aromatic carbocycles. The quantitative estimate of drug-likeness (QED) is 0.0199. The number of aliphatic carboxylic acids is 1. The maximum atomic E-state index is 12.4. The number of amides is 1. The molecule has 0 heterocycles. The zero-order chi connectivity index (χ0) is 48.4. The van der Waals surface area contributed by atoms with E-state index in [-0.39, 0.29) is 12.8 Å². The summed E-state index contributed by atoms with van der Waals surface area (Å²) in [4.78, 5) is 46.1. The van der Waals surface area contributed by atoms with Crippen molar-refractivity contribution in [2.75, 3.05) is 19.8 Å². The maximum absolute atomic E-state index is 12.4. The number of nitrogens with one attached hydrogen (secondary N) is 1. The highest BCUT2D eigenvalue weighted by molar-refractivity contribution is 7.47. The van der Waals surface area contributed by atoms with Crippen LogP contribution in [0.4, 0.5) is 0 Å². The summed E-state index contributed by atoms with van der Waals surface area (Å²) in [7, 11) is -4.78. The third kappa shape index (κ3) is 47.2. The number of rotatable bonds is 47. The molecule has 3 atom stereocenters. The second-order valence-corrected chi connectivity index (χ2v) is 18.4. The Hall–Kier alpha value is -3.34. The van der Waals surface area contributed by atoms with E-state index in [4.69, 9.17) is 13.8 Å². The molecule has 0 saturated heterocycles. The van der Waals surface area contributed by atoms with Crippen LogP contribution in [0, 0.1) is 0 Å². The lowest BCUT2D eigenvalue weighted by Crippen LogP contribution is -2.43. The summed E-state index contributed by atoms with van der Waals surface area (Å²) in [5.41, 5.74) is 0. The lowest BCUT2D eigenvalue weighted by molar-refractivity contribution is -0.147. The van der Waals surface area contributed by atoms with Gasteiger partial charge in [-0.15, -0.1) is 0 Å². The first-order valence-electron chi connectivity index (χ1n) is 25.6. The first-order chi connectivity index (χ1) is 32.1. The molecule has 11 nitrogen and oxygen atoms in total. The molecule has 4 N–H and O–H groups in total. The smallest absolute Gasteiger partial charge is 0.472 e. The van der Waals surface area contributed by atoms with Gasteiger partial charge in [0.15, 0.2) is 6.04 Å². The van der Waals surface area contributed by atoms with E-state index in [1.54, 1.807) is 0 Å². The Morgan fingerprint density at radius 3 is 1.33 bits per heavy atom. The molecule has 0 rings (SSSR count). The number of aliphatic hydroxyl groups excluding tert-OH is 1. The highest BCUT2D eigenvalue weighted by Crippen LogP contribution is 2.43. The molecule has 0 spiro atoms. The Balaban J connectivity index is 3.88. The molecule has 0 aromatic rings. The van der Waals surface area contributed by atoms with E-state index in [0.717, 1.165) is 77.0 Å². The van der Waals surface area contributed by atoms with Crippen LogP contribution in [0.1, 0.15) is 206 Å². The zero-order valence-corrected chi connectivity index (χ0v) is 42.1. The van der Waals surface area contributed by atoms with Crippen molar-refractivity contribution in [3.05, 3.63) is 85.1 Å². The van der Waals surface area contributed by atoms with E-state index >= 15 is 0 Å². The van der Waals surface area contributed by atoms with Gasteiger partial charge in [-0.2, -0.15) is 0 Å². The lowest BCUT2D eigenvalue weighted by Gasteiger charge is -2.18. The van der Waals surface area contributed by atoms with E-state index in [1.807, 2.05) is 0 Å². The van der Waals surface area contributed by atoms with Crippen LogP contribution in [0.5, 0.6) is 0 Å². The minimum Gasteiger partial charge on any atom is -0.480 e. The topological polar surface area (TPSA) is 169 Å². The third-order valence-electron chi connectivity index (χ3n) is 10.7. The summed E-state index contributed by atoms with van der Waals surface area (Å²) in [5, 5.41) is 21.9. The summed E-state index contributed by atoms with van der Waals surface area (Å²) < 4.78 is 26.9. The van der Waals surface area contributed by atoms with Crippen molar-refractivity contribution in [2.24, 2.45) is 0 Å². The number of carbonyl (C=O) groups is 3. The van der Waals surface area contributed by atoms with Gasteiger partial charge in [0.2, 0.25) is 5.91 Å². The van der Waals surface area contributed by atoms with Gasteiger partial charge in [-0.1, -0.05) is 189 Å². The Bertz CT molecular complexity index is 1440. The van der Waals surface area contributed by atoms with E-state index < -0.39 is 57.6 Å². The number of hydrogen-bond donors (Lipinski definition) is 4. The van der Waals surface area contributed by atoms with Crippen molar-refractivity contribution in [3.63, 3.8) is 0 Å². The Morgan fingerprint density at radius 2 is 0.879 bits per heavy atom. The van der Waals surface area contributed by atoms with E-state index in [2.05, 4.69) is 104 Å². The normalized spacial score (nSPS) is 14.2. The number of allylic oxidation sites excluding steroid dienone is 14. The number of aliphatic hydroxyl groups is 1. The monoisotopic (exact) mass is 946 g/mol. The van der Waals surface area contributed by atoms with Crippen LogP contribution in [0.3, 0.4) is 0 Å². The molecular weight excluding hydrogens is 854 g/mol. The molecule has 378 valence electrons. The molecule has 0 aliphatic heterocycles. The number of phosphoric ester groups is 1. The Morgan fingerprint density at radius 1 is 0.500 bits per heavy atom. The van der Waals surface area contributed by atoms with Gasteiger partial charge in [0, 0.05) is 12.8 Å². The van der Waals surface area contributed by atoms with Crippen LogP contribution < -0.4 is 5.32 Å². The molecule has 0 bridgehead atoms. The van der Waals surface area contributed by atoms with Gasteiger partial charge in [0.05, 0.1) is 13.2 Å². The average Bonchev–Trinajstić information content (AvgIpc) is 3.29. The minimum atomic E-state index is -4.78. The fourth-order valence-corrected chi connectivity index (χ4v) is 7.50. The second-order valence-electron chi connectivity index (χ2n) is 17.0. The predicted octanol–water partition coefficient (Wildman–Crippen LogP) is 14.2. The number of phosphoric acid groups is 1. The van der Waals surface area contributed by atoms with Gasteiger partial charge in [-0.25, -0.2) is 9.36 Å². The van der Waals surface area contributed by atoms with Gasteiger partial charge in [0.25, 0.3) is 0 Å².